The molecule has 0 spiro atoms. The van der Waals surface area contributed by atoms with Crippen molar-refractivity contribution in [2.24, 2.45) is 5.73 Å². The second kappa shape index (κ2) is 3.66. The maximum absolute atomic E-state index is 12.9. The minimum Gasteiger partial charge on any atom is -0.324 e. The molecular formula is C8H8F2IN. The van der Waals surface area contributed by atoms with E-state index in [0.717, 1.165) is 0 Å². The van der Waals surface area contributed by atoms with Crippen molar-refractivity contribution in [3.63, 3.8) is 0 Å². The van der Waals surface area contributed by atoms with E-state index in [1.165, 1.54) is 12.1 Å². The Hall–Kier alpha value is -0.230. The largest absolute Gasteiger partial charge is 0.324 e. The van der Waals surface area contributed by atoms with E-state index in [0.29, 0.717) is 5.56 Å². The van der Waals surface area contributed by atoms with Crippen LogP contribution in [-0.2, 0) is 0 Å². The van der Waals surface area contributed by atoms with Gasteiger partial charge in [-0.1, -0.05) is 0 Å². The quantitative estimate of drug-likeness (QED) is 0.622. The van der Waals surface area contributed by atoms with Gasteiger partial charge in [0.05, 0.1) is 3.57 Å². The van der Waals surface area contributed by atoms with Crippen LogP contribution in [0.2, 0.25) is 0 Å². The number of hydrogen-bond donors (Lipinski definition) is 1. The molecule has 0 aliphatic carbocycles. The first-order valence-electron chi connectivity index (χ1n) is 3.42. The predicted octanol–water partition coefficient (Wildman–Crippen LogP) is 2.59. The van der Waals surface area contributed by atoms with Crippen LogP contribution in [0.4, 0.5) is 8.78 Å². The fraction of sp³-hybridized carbons (Fsp3) is 0.250. The van der Waals surface area contributed by atoms with E-state index in [4.69, 9.17) is 5.73 Å². The molecule has 1 aromatic rings. The van der Waals surface area contributed by atoms with Gasteiger partial charge >= 0.3 is 0 Å². The highest BCUT2D eigenvalue weighted by Crippen LogP contribution is 2.20. The number of hydrogen-bond acceptors (Lipinski definition) is 1. The lowest BCUT2D eigenvalue weighted by Crippen LogP contribution is -2.06. The molecule has 1 aromatic carbocycles. The minimum atomic E-state index is -0.553. The summed E-state index contributed by atoms with van der Waals surface area (Å²) in [6.07, 6.45) is 0. The van der Waals surface area contributed by atoms with Crippen molar-refractivity contribution in [1.29, 1.82) is 0 Å². The molecule has 0 saturated heterocycles. The second-order valence-corrected chi connectivity index (χ2v) is 3.67. The fourth-order valence-corrected chi connectivity index (χ4v) is 1.15. The molecule has 0 fully saturated rings. The van der Waals surface area contributed by atoms with Gasteiger partial charge < -0.3 is 5.73 Å². The maximum atomic E-state index is 12.9. The first kappa shape index (κ1) is 9.85. The summed E-state index contributed by atoms with van der Waals surface area (Å²) >= 11 is 1.62. The average Bonchev–Trinajstić information content (AvgIpc) is 1.99. The molecule has 4 heteroatoms. The Bertz CT molecular complexity index is 276. The molecule has 0 aliphatic rings. The molecule has 1 rings (SSSR count). The van der Waals surface area contributed by atoms with Crippen LogP contribution in [0.25, 0.3) is 0 Å². The van der Waals surface area contributed by atoms with Crippen molar-refractivity contribution in [1.82, 2.24) is 0 Å². The number of rotatable bonds is 1. The van der Waals surface area contributed by atoms with Crippen LogP contribution in [0.5, 0.6) is 0 Å². The molecule has 1 atom stereocenters. The van der Waals surface area contributed by atoms with Crippen LogP contribution in [0.15, 0.2) is 12.1 Å². The molecular weight excluding hydrogens is 275 g/mol. The maximum Gasteiger partial charge on any atom is 0.139 e. The third kappa shape index (κ3) is 1.92. The van der Waals surface area contributed by atoms with E-state index < -0.39 is 11.6 Å². The van der Waals surface area contributed by atoms with E-state index in [1.54, 1.807) is 29.5 Å². The van der Waals surface area contributed by atoms with Gasteiger partial charge in [0.25, 0.3) is 0 Å². The molecule has 0 aromatic heterocycles. The summed E-state index contributed by atoms with van der Waals surface area (Å²) in [6.45, 7) is 1.68. The predicted molar refractivity (Wildman–Crippen MR) is 51.7 cm³/mol. The summed E-state index contributed by atoms with van der Waals surface area (Å²) in [6, 6.07) is 2.18. The topological polar surface area (TPSA) is 26.0 Å². The SMILES string of the molecule is CC(N)c1cc(F)c(I)c(F)c1. The van der Waals surface area contributed by atoms with E-state index in [-0.39, 0.29) is 9.61 Å². The molecule has 1 unspecified atom stereocenters. The monoisotopic (exact) mass is 283 g/mol. The normalized spacial score (nSPS) is 13.1. The van der Waals surface area contributed by atoms with Crippen molar-refractivity contribution in [3.8, 4) is 0 Å². The summed E-state index contributed by atoms with van der Waals surface area (Å²) in [5.41, 5.74) is 5.94. The van der Waals surface area contributed by atoms with Gasteiger partial charge in [-0.25, -0.2) is 8.78 Å². The van der Waals surface area contributed by atoms with Crippen LogP contribution in [0, 0.1) is 15.2 Å². The van der Waals surface area contributed by atoms with E-state index >= 15 is 0 Å². The van der Waals surface area contributed by atoms with Crippen molar-refractivity contribution in [3.05, 3.63) is 32.9 Å². The first-order valence-corrected chi connectivity index (χ1v) is 4.50. The van der Waals surface area contributed by atoms with Crippen molar-refractivity contribution in [2.45, 2.75) is 13.0 Å². The number of nitrogens with two attached hydrogens (primary N) is 1. The number of benzene rings is 1. The van der Waals surface area contributed by atoms with Crippen LogP contribution in [0.1, 0.15) is 18.5 Å². The molecule has 0 radical (unpaired) electrons. The Labute approximate surface area is 83.1 Å². The molecule has 0 saturated carbocycles. The average molecular weight is 283 g/mol. The zero-order valence-corrected chi connectivity index (χ0v) is 8.60. The third-order valence-electron chi connectivity index (χ3n) is 1.53. The van der Waals surface area contributed by atoms with Crippen molar-refractivity contribution >= 4 is 22.6 Å². The molecule has 0 aliphatic heterocycles. The molecule has 0 bridgehead atoms. The molecule has 12 heavy (non-hydrogen) atoms. The van der Waals surface area contributed by atoms with Gasteiger partial charge in [-0.15, -0.1) is 0 Å². The smallest absolute Gasteiger partial charge is 0.139 e. The summed E-state index contributed by atoms with van der Waals surface area (Å²) in [7, 11) is 0. The standard InChI is InChI=1S/C8H8F2IN/c1-4(12)5-2-6(9)8(11)7(10)3-5/h2-4H,12H2,1H3. The molecule has 0 heterocycles. The van der Waals surface area contributed by atoms with Crippen molar-refractivity contribution in [2.75, 3.05) is 0 Å². The summed E-state index contributed by atoms with van der Waals surface area (Å²) in [5.74, 6) is -1.11. The highest BCUT2D eigenvalue weighted by atomic mass is 127. The fourth-order valence-electron chi connectivity index (χ4n) is 0.838. The van der Waals surface area contributed by atoms with Gasteiger partial charge in [-0.2, -0.15) is 0 Å². The van der Waals surface area contributed by atoms with Crippen LogP contribution >= 0.6 is 22.6 Å². The van der Waals surface area contributed by atoms with Crippen LogP contribution in [0.3, 0.4) is 0 Å². The Balaban J connectivity index is 3.21. The molecule has 2 N–H and O–H groups in total. The molecule has 0 amide bonds. The summed E-state index contributed by atoms with van der Waals surface area (Å²) < 4.78 is 25.8. The Morgan fingerprint density at radius 1 is 1.33 bits per heavy atom. The summed E-state index contributed by atoms with van der Waals surface area (Å²) in [5, 5.41) is 0. The van der Waals surface area contributed by atoms with E-state index in [9.17, 15) is 8.78 Å². The lowest BCUT2D eigenvalue weighted by molar-refractivity contribution is 0.563. The Morgan fingerprint density at radius 3 is 2.08 bits per heavy atom. The number of halogens is 3. The zero-order valence-electron chi connectivity index (χ0n) is 6.44. The summed E-state index contributed by atoms with van der Waals surface area (Å²) in [4.78, 5) is 0. The third-order valence-corrected chi connectivity index (χ3v) is 2.56. The lowest BCUT2D eigenvalue weighted by atomic mass is 10.1. The second-order valence-electron chi connectivity index (χ2n) is 2.59. The van der Waals surface area contributed by atoms with Crippen LogP contribution in [-0.4, -0.2) is 0 Å². The van der Waals surface area contributed by atoms with Crippen molar-refractivity contribution < 1.29 is 8.78 Å². The Kier molecular flexibility index (Phi) is 3.00. The molecule has 66 valence electrons. The Morgan fingerprint density at radius 2 is 1.75 bits per heavy atom. The van der Waals surface area contributed by atoms with Gasteiger partial charge in [-0.05, 0) is 47.2 Å². The van der Waals surface area contributed by atoms with E-state index in [1.807, 2.05) is 0 Å². The highest BCUT2D eigenvalue weighted by Gasteiger charge is 2.09. The first-order chi connectivity index (χ1) is 5.52. The van der Waals surface area contributed by atoms with Gasteiger partial charge in [0.2, 0.25) is 0 Å². The van der Waals surface area contributed by atoms with Gasteiger partial charge in [0.15, 0.2) is 0 Å². The van der Waals surface area contributed by atoms with Gasteiger partial charge in [0.1, 0.15) is 11.6 Å². The minimum absolute atomic E-state index is 0.0111. The van der Waals surface area contributed by atoms with Crippen LogP contribution < -0.4 is 5.73 Å². The lowest BCUT2D eigenvalue weighted by Gasteiger charge is -2.06. The molecule has 1 nitrogen and oxygen atoms in total. The van der Waals surface area contributed by atoms with Gasteiger partial charge in [-0.3, -0.25) is 0 Å². The zero-order chi connectivity index (χ0) is 9.30. The van der Waals surface area contributed by atoms with E-state index in [2.05, 4.69) is 0 Å². The highest BCUT2D eigenvalue weighted by molar-refractivity contribution is 14.1. The van der Waals surface area contributed by atoms with Gasteiger partial charge in [0, 0.05) is 6.04 Å².